The number of nitrogens with one attached hydrogen (secondary N) is 1. The van der Waals surface area contributed by atoms with E-state index in [9.17, 15) is 8.42 Å². The van der Waals surface area contributed by atoms with E-state index in [4.69, 9.17) is 16.6 Å². The Morgan fingerprint density at radius 3 is 2.42 bits per heavy atom. The molecule has 1 aliphatic heterocycles. The van der Waals surface area contributed by atoms with Crippen LogP contribution in [-0.4, -0.2) is 61.5 Å². The van der Waals surface area contributed by atoms with E-state index >= 15 is 0 Å². The van der Waals surface area contributed by atoms with Crippen molar-refractivity contribution < 1.29 is 8.42 Å². The Hall–Kier alpha value is -3.27. The van der Waals surface area contributed by atoms with Gasteiger partial charge in [-0.05, 0) is 62.8 Å². The summed E-state index contributed by atoms with van der Waals surface area (Å²) in [5.41, 5.74) is 3.32. The number of aromatic nitrogens is 3. The van der Waals surface area contributed by atoms with Crippen LogP contribution in [0.5, 0.6) is 0 Å². The molecule has 186 valence electrons. The van der Waals surface area contributed by atoms with Crippen LogP contribution < -0.4 is 9.62 Å². The van der Waals surface area contributed by atoms with Crippen LogP contribution in [-0.2, 0) is 10.0 Å². The monoisotopic (exact) mass is 522 g/mol. The largest absolute Gasteiger partial charge is 0.355 e. The molecule has 4 aromatic rings. The summed E-state index contributed by atoms with van der Waals surface area (Å²) < 4.78 is 28.2. The van der Waals surface area contributed by atoms with E-state index in [2.05, 4.69) is 38.6 Å². The molecule has 0 radical (unpaired) electrons. The van der Waals surface area contributed by atoms with Crippen molar-refractivity contribution in [1.82, 2.24) is 19.9 Å². The number of piperidine rings is 1. The summed E-state index contributed by atoms with van der Waals surface area (Å²) in [5, 5.41) is 0.0715. The maximum absolute atomic E-state index is 12.8. The molecule has 10 heteroatoms. The minimum Gasteiger partial charge on any atom is -0.355 e. The summed E-state index contributed by atoms with van der Waals surface area (Å²) in [6.45, 7) is 1.88. The van der Waals surface area contributed by atoms with Crippen molar-refractivity contribution in [2.24, 2.45) is 0 Å². The molecule has 2 aromatic carbocycles. The highest BCUT2D eigenvalue weighted by atomic mass is 35.5. The first-order chi connectivity index (χ1) is 17.3. The van der Waals surface area contributed by atoms with Gasteiger partial charge in [0.15, 0.2) is 5.15 Å². The Kier molecular flexibility index (Phi) is 6.79. The zero-order valence-electron chi connectivity index (χ0n) is 20.1. The third-order valence-electron chi connectivity index (χ3n) is 6.52. The Bertz CT molecular complexity index is 1490. The molecule has 1 N–H and O–H groups in total. The van der Waals surface area contributed by atoms with E-state index in [0.29, 0.717) is 11.6 Å². The van der Waals surface area contributed by atoms with Crippen molar-refractivity contribution in [2.75, 3.05) is 36.8 Å². The highest BCUT2D eigenvalue weighted by molar-refractivity contribution is 7.92. The number of pyridine rings is 1. The molecule has 0 unspecified atom stereocenters. The first-order valence-corrected chi connectivity index (χ1v) is 13.6. The lowest BCUT2D eigenvalue weighted by molar-refractivity contribution is 0.249. The van der Waals surface area contributed by atoms with Gasteiger partial charge in [0.25, 0.3) is 10.0 Å². The predicted octanol–water partition coefficient (Wildman–Crippen LogP) is 4.68. The molecule has 1 aliphatic rings. The molecule has 2 aromatic heterocycles. The van der Waals surface area contributed by atoms with Crippen molar-refractivity contribution in [3.63, 3.8) is 0 Å². The van der Waals surface area contributed by atoms with Crippen LogP contribution in [0.1, 0.15) is 12.8 Å². The summed E-state index contributed by atoms with van der Waals surface area (Å²) in [6, 6.07) is 16.2. The molecule has 5 rings (SSSR count). The summed E-state index contributed by atoms with van der Waals surface area (Å²) in [4.78, 5) is 18.4. The van der Waals surface area contributed by atoms with Gasteiger partial charge in [0.05, 0.1) is 27.8 Å². The molecule has 3 heterocycles. The fourth-order valence-corrected chi connectivity index (χ4v) is 5.71. The molecule has 8 nitrogen and oxygen atoms in total. The number of anilines is 2. The summed E-state index contributed by atoms with van der Waals surface area (Å²) in [7, 11) is 0.450. The predicted molar refractivity (Wildman–Crippen MR) is 144 cm³/mol. The summed E-state index contributed by atoms with van der Waals surface area (Å²) in [5.74, 6) is 0.863. The van der Waals surface area contributed by atoms with Gasteiger partial charge in [0, 0.05) is 30.9 Å². The van der Waals surface area contributed by atoms with Gasteiger partial charge in [-0.3, -0.25) is 9.71 Å². The maximum atomic E-state index is 12.8. The lowest BCUT2D eigenvalue weighted by atomic mass is 10.0. The molecule has 0 bridgehead atoms. The topological polar surface area (TPSA) is 91.3 Å². The van der Waals surface area contributed by atoms with E-state index in [1.165, 1.54) is 12.1 Å². The minimum atomic E-state index is -3.80. The van der Waals surface area contributed by atoms with Crippen molar-refractivity contribution in [2.45, 2.75) is 23.8 Å². The molecule has 36 heavy (non-hydrogen) atoms. The van der Waals surface area contributed by atoms with Gasteiger partial charge in [-0.25, -0.2) is 18.4 Å². The average molecular weight is 523 g/mol. The van der Waals surface area contributed by atoms with E-state index in [1.807, 2.05) is 24.4 Å². The smallest absolute Gasteiger partial charge is 0.261 e. The van der Waals surface area contributed by atoms with Crippen molar-refractivity contribution in [3.05, 3.63) is 72.1 Å². The SMILES string of the molecule is CN(C)C1CCN(c2cnc3ccc(-c4cnc(Cl)c(NS(=O)(=O)c5ccccc5)c4)cc3n2)CC1. The molecular weight excluding hydrogens is 496 g/mol. The third kappa shape index (κ3) is 5.13. The van der Waals surface area contributed by atoms with Crippen molar-refractivity contribution in [3.8, 4) is 11.1 Å². The second-order valence-corrected chi connectivity index (χ2v) is 11.1. The van der Waals surface area contributed by atoms with Crippen LogP contribution in [0.4, 0.5) is 11.5 Å². The van der Waals surface area contributed by atoms with Gasteiger partial charge in [-0.15, -0.1) is 0 Å². The highest BCUT2D eigenvalue weighted by Crippen LogP contribution is 2.30. The van der Waals surface area contributed by atoms with Gasteiger partial charge < -0.3 is 9.80 Å². The van der Waals surface area contributed by atoms with Crippen LogP contribution in [0.2, 0.25) is 5.15 Å². The molecule has 1 fully saturated rings. The second-order valence-electron chi connectivity index (χ2n) is 9.09. The Labute approximate surface area is 216 Å². The number of rotatable bonds is 6. The van der Waals surface area contributed by atoms with E-state index < -0.39 is 10.0 Å². The lowest BCUT2D eigenvalue weighted by Gasteiger charge is -2.35. The number of fused-ring (bicyclic) bond motifs is 1. The van der Waals surface area contributed by atoms with Crippen molar-refractivity contribution in [1.29, 1.82) is 0 Å². The first kappa shape index (κ1) is 24.4. The molecule has 0 saturated carbocycles. The van der Waals surface area contributed by atoms with E-state index in [-0.39, 0.29) is 15.7 Å². The number of hydrogen-bond donors (Lipinski definition) is 1. The van der Waals surface area contributed by atoms with Crippen LogP contribution >= 0.6 is 11.6 Å². The molecule has 1 saturated heterocycles. The Morgan fingerprint density at radius 1 is 0.944 bits per heavy atom. The van der Waals surface area contributed by atoms with Crippen LogP contribution in [0.25, 0.3) is 22.2 Å². The molecule has 0 aliphatic carbocycles. The highest BCUT2D eigenvalue weighted by Gasteiger charge is 2.22. The van der Waals surface area contributed by atoms with Crippen LogP contribution in [0, 0.1) is 0 Å². The fraction of sp³-hybridized carbons (Fsp3) is 0.269. The zero-order chi connectivity index (χ0) is 25.3. The van der Waals surface area contributed by atoms with Gasteiger partial charge in [-0.2, -0.15) is 0 Å². The number of nitrogens with zero attached hydrogens (tertiary/aromatic N) is 5. The molecule has 0 spiro atoms. The third-order valence-corrected chi connectivity index (χ3v) is 8.20. The number of hydrogen-bond acceptors (Lipinski definition) is 7. The Morgan fingerprint density at radius 2 is 1.69 bits per heavy atom. The van der Waals surface area contributed by atoms with Gasteiger partial charge in [0.2, 0.25) is 0 Å². The van der Waals surface area contributed by atoms with Crippen molar-refractivity contribution >= 4 is 44.2 Å². The normalized spacial score (nSPS) is 14.9. The first-order valence-electron chi connectivity index (χ1n) is 11.7. The number of halogens is 1. The maximum Gasteiger partial charge on any atom is 0.261 e. The number of sulfonamides is 1. The number of benzene rings is 2. The van der Waals surface area contributed by atoms with Gasteiger partial charge >= 0.3 is 0 Å². The molecular formula is C26H27ClN6O2S. The summed E-state index contributed by atoms with van der Waals surface area (Å²) >= 11 is 6.24. The Balaban J connectivity index is 1.42. The standard InChI is InChI=1S/C26H27ClN6O2S/c1-32(2)20-10-12-33(13-11-20)25-17-28-22-9-8-18(14-23(22)30-25)19-15-24(26(27)29-16-19)31-36(34,35)21-6-4-3-5-7-21/h3-9,14-17,20,31H,10-13H2,1-2H3. The zero-order valence-corrected chi connectivity index (χ0v) is 21.7. The quantitative estimate of drug-likeness (QED) is 0.368. The fourth-order valence-electron chi connectivity index (χ4n) is 4.43. The van der Waals surface area contributed by atoms with Crippen LogP contribution in [0.15, 0.2) is 71.9 Å². The van der Waals surface area contributed by atoms with E-state index in [0.717, 1.165) is 48.3 Å². The van der Waals surface area contributed by atoms with Gasteiger partial charge in [-0.1, -0.05) is 35.9 Å². The van der Waals surface area contributed by atoms with Crippen LogP contribution in [0.3, 0.4) is 0 Å². The minimum absolute atomic E-state index is 0.0715. The average Bonchev–Trinajstić information content (AvgIpc) is 2.90. The molecule has 0 atom stereocenters. The summed E-state index contributed by atoms with van der Waals surface area (Å²) in [6.07, 6.45) is 5.63. The molecule has 0 amide bonds. The second kappa shape index (κ2) is 10.0. The van der Waals surface area contributed by atoms with Gasteiger partial charge in [0.1, 0.15) is 5.82 Å². The lowest BCUT2D eigenvalue weighted by Crippen LogP contribution is -2.42. The van der Waals surface area contributed by atoms with E-state index in [1.54, 1.807) is 30.5 Å².